The van der Waals surface area contributed by atoms with Gasteiger partial charge in [-0.1, -0.05) is 11.6 Å². The van der Waals surface area contributed by atoms with Crippen LogP contribution in [0.4, 0.5) is 5.69 Å². The highest BCUT2D eigenvalue weighted by Crippen LogP contribution is 2.37. The SMILES string of the molecule is COC(C)C(=O)Nc1cc2c(cc1Cl)OCCO2. The van der Waals surface area contributed by atoms with Gasteiger partial charge in [-0.15, -0.1) is 0 Å². The summed E-state index contributed by atoms with van der Waals surface area (Å²) >= 11 is 6.06. The van der Waals surface area contributed by atoms with E-state index in [1.165, 1.54) is 7.11 Å². The predicted molar refractivity (Wildman–Crippen MR) is 67.5 cm³/mol. The number of nitrogens with one attached hydrogen (secondary N) is 1. The number of carbonyl (C=O) groups excluding carboxylic acids is 1. The number of benzene rings is 1. The Balaban J connectivity index is 2.20. The molecule has 0 saturated heterocycles. The summed E-state index contributed by atoms with van der Waals surface area (Å²) in [5, 5.41) is 3.08. The number of rotatable bonds is 3. The van der Waals surface area contributed by atoms with Crippen LogP contribution in [0.25, 0.3) is 0 Å². The zero-order valence-corrected chi connectivity index (χ0v) is 10.9. The molecule has 98 valence electrons. The van der Waals surface area contributed by atoms with Gasteiger partial charge in [-0.3, -0.25) is 4.79 Å². The Morgan fingerprint density at radius 1 is 1.39 bits per heavy atom. The van der Waals surface area contributed by atoms with E-state index in [0.29, 0.717) is 35.4 Å². The fourth-order valence-electron chi connectivity index (χ4n) is 1.50. The third kappa shape index (κ3) is 2.68. The van der Waals surface area contributed by atoms with E-state index in [0.717, 1.165) is 0 Å². The number of ether oxygens (including phenoxy) is 3. The zero-order chi connectivity index (χ0) is 13.1. The maximum absolute atomic E-state index is 11.7. The van der Waals surface area contributed by atoms with Crippen LogP contribution >= 0.6 is 11.6 Å². The Morgan fingerprint density at radius 2 is 2.00 bits per heavy atom. The highest BCUT2D eigenvalue weighted by Gasteiger charge is 2.18. The van der Waals surface area contributed by atoms with E-state index >= 15 is 0 Å². The first kappa shape index (κ1) is 13.0. The van der Waals surface area contributed by atoms with Crippen LogP contribution in [-0.2, 0) is 9.53 Å². The van der Waals surface area contributed by atoms with Gasteiger partial charge in [0.05, 0.1) is 10.7 Å². The quantitative estimate of drug-likeness (QED) is 0.915. The summed E-state index contributed by atoms with van der Waals surface area (Å²) in [6, 6.07) is 3.28. The van der Waals surface area contributed by atoms with Crippen LogP contribution in [0.5, 0.6) is 11.5 Å². The molecule has 1 heterocycles. The van der Waals surface area contributed by atoms with Crippen molar-refractivity contribution in [2.75, 3.05) is 25.6 Å². The predicted octanol–water partition coefficient (Wildman–Crippen LogP) is 2.08. The van der Waals surface area contributed by atoms with Crippen molar-refractivity contribution in [1.82, 2.24) is 0 Å². The van der Waals surface area contributed by atoms with Crippen LogP contribution < -0.4 is 14.8 Å². The van der Waals surface area contributed by atoms with Gasteiger partial charge in [0.1, 0.15) is 19.3 Å². The number of amides is 1. The van der Waals surface area contributed by atoms with Gasteiger partial charge in [-0.2, -0.15) is 0 Å². The molecule has 1 unspecified atom stereocenters. The number of halogens is 1. The Labute approximate surface area is 110 Å². The molecule has 0 aromatic heterocycles. The molecule has 0 bridgehead atoms. The van der Waals surface area contributed by atoms with E-state index < -0.39 is 6.10 Å². The molecule has 1 aromatic carbocycles. The van der Waals surface area contributed by atoms with Crippen molar-refractivity contribution in [3.8, 4) is 11.5 Å². The Morgan fingerprint density at radius 3 is 2.61 bits per heavy atom. The van der Waals surface area contributed by atoms with Crippen LogP contribution in [-0.4, -0.2) is 32.3 Å². The fourth-order valence-corrected chi connectivity index (χ4v) is 1.70. The monoisotopic (exact) mass is 271 g/mol. The minimum absolute atomic E-state index is 0.268. The molecule has 1 amide bonds. The second kappa shape index (κ2) is 5.46. The average Bonchev–Trinajstić information content (AvgIpc) is 2.38. The van der Waals surface area contributed by atoms with Crippen LogP contribution in [0, 0.1) is 0 Å². The molecule has 2 rings (SSSR count). The van der Waals surface area contributed by atoms with E-state index in [1.807, 2.05) is 0 Å². The molecule has 0 aliphatic carbocycles. The normalized spacial score (nSPS) is 15.1. The summed E-state index contributed by atoms with van der Waals surface area (Å²) in [6.45, 7) is 2.63. The lowest BCUT2D eigenvalue weighted by atomic mass is 10.2. The average molecular weight is 272 g/mol. The van der Waals surface area contributed by atoms with E-state index in [-0.39, 0.29) is 5.91 Å². The first-order valence-electron chi connectivity index (χ1n) is 5.54. The van der Waals surface area contributed by atoms with Gasteiger partial charge in [0.25, 0.3) is 5.91 Å². The van der Waals surface area contributed by atoms with Gasteiger partial charge in [-0.25, -0.2) is 0 Å². The lowest BCUT2D eigenvalue weighted by Gasteiger charge is -2.20. The van der Waals surface area contributed by atoms with Crippen LogP contribution in [0.3, 0.4) is 0 Å². The van der Waals surface area contributed by atoms with E-state index in [1.54, 1.807) is 19.1 Å². The summed E-state index contributed by atoms with van der Waals surface area (Å²) in [6.07, 6.45) is -0.547. The highest BCUT2D eigenvalue weighted by atomic mass is 35.5. The number of hydrogen-bond acceptors (Lipinski definition) is 4. The second-order valence-corrected chi connectivity index (χ2v) is 4.25. The zero-order valence-electron chi connectivity index (χ0n) is 10.2. The van der Waals surface area contributed by atoms with Gasteiger partial charge in [0.2, 0.25) is 0 Å². The first-order valence-corrected chi connectivity index (χ1v) is 5.92. The molecule has 1 atom stereocenters. The van der Waals surface area contributed by atoms with Gasteiger partial charge in [0.15, 0.2) is 11.5 Å². The van der Waals surface area contributed by atoms with Crippen molar-refractivity contribution in [3.63, 3.8) is 0 Å². The van der Waals surface area contributed by atoms with Crippen LogP contribution in [0.1, 0.15) is 6.92 Å². The molecule has 18 heavy (non-hydrogen) atoms. The van der Waals surface area contributed by atoms with Crippen molar-refractivity contribution in [1.29, 1.82) is 0 Å². The van der Waals surface area contributed by atoms with Gasteiger partial charge < -0.3 is 19.5 Å². The maximum atomic E-state index is 11.7. The lowest BCUT2D eigenvalue weighted by molar-refractivity contribution is -0.124. The molecular weight excluding hydrogens is 258 g/mol. The third-order valence-corrected chi connectivity index (χ3v) is 2.93. The summed E-state index contributed by atoms with van der Waals surface area (Å²) in [4.78, 5) is 11.7. The highest BCUT2D eigenvalue weighted by molar-refractivity contribution is 6.34. The Hall–Kier alpha value is -1.46. The van der Waals surface area contributed by atoms with Crippen molar-refractivity contribution >= 4 is 23.2 Å². The number of fused-ring (bicyclic) bond motifs is 1. The minimum atomic E-state index is -0.547. The number of anilines is 1. The number of carbonyl (C=O) groups is 1. The molecule has 0 saturated carbocycles. The van der Waals surface area contributed by atoms with Crippen LogP contribution in [0.15, 0.2) is 12.1 Å². The topological polar surface area (TPSA) is 56.8 Å². The summed E-state index contributed by atoms with van der Waals surface area (Å²) in [7, 11) is 1.47. The van der Waals surface area contributed by atoms with E-state index in [2.05, 4.69) is 5.32 Å². The largest absolute Gasteiger partial charge is 0.486 e. The third-order valence-electron chi connectivity index (χ3n) is 2.61. The van der Waals surface area contributed by atoms with Crippen molar-refractivity contribution in [2.45, 2.75) is 13.0 Å². The Bertz CT molecular complexity index is 464. The maximum Gasteiger partial charge on any atom is 0.253 e. The minimum Gasteiger partial charge on any atom is -0.486 e. The Kier molecular flexibility index (Phi) is 3.93. The van der Waals surface area contributed by atoms with Gasteiger partial charge >= 0.3 is 0 Å². The second-order valence-electron chi connectivity index (χ2n) is 3.84. The standard InChI is InChI=1S/C12H14ClNO4/c1-7(16-2)12(15)14-9-6-11-10(5-8(9)13)17-3-4-18-11/h5-7H,3-4H2,1-2H3,(H,14,15). The molecule has 0 radical (unpaired) electrons. The summed E-state index contributed by atoms with van der Waals surface area (Å²) < 4.78 is 15.7. The van der Waals surface area contributed by atoms with Crippen molar-refractivity contribution in [3.05, 3.63) is 17.2 Å². The molecular formula is C12H14ClNO4. The molecule has 0 fully saturated rings. The molecule has 1 aliphatic rings. The molecule has 1 aliphatic heterocycles. The summed E-state index contributed by atoms with van der Waals surface area (Å²) in [5.41, 5.74) is 0.481. The molecule has 0 spiro atoms. The molecule has 6 heteroatoms. The molecule has 5 nitrogen and oxygen atoms in total. The van der Waals surface area contributed by atoms with Gasteiger partial charge in [0, 0.05) is 19.2 Å². The fraction of sp³-hybridized carbons (Fsp3) is 0.417. The summed E-state index contributed by atoms with van der Waals surface area (Å²) in [5.74, 6) is 0.895. The van der Waals surface area contributed by atoms with Crippen LogP contribution in [0.2, 0.25) is 5.02 Å². The molecule has 1 aromatic rings. The number of hydrogen-bond donors (Lipinski definition) is 1. The number of methoxy groups -OCH3 is 1. The van der Waals surface area contributed by atoms with Gasteiger partial charge in [-0.05, 0) is 6.92 Å². The van der Waals surface area contributed by atoms with Crippen molar-refractivity contribution in [2.24, 2.45) is 0 Å². The lowest BCUT2D eigenvalue weighted by Crippen LogP contribution is -2.26. The molecule has 1 N–H and O–H groups in total. The van der Waals surface area contributed by atoms with Crippen molar-refractivity contribution < 1.29 is 19.0 Å². The van der Waals surface area contributed by atoms with E-state index in [4.69, 9.17) is 25.8 Å². The van der Waals surface area contributed by atoms with E-state index in [9.17, 15) is 4.79 Å². The first-order chi connectivity index (χ1) is 8.61. The smallest absolute Gasteiger partial charge is 0.253 e.